The molecule has 1 N–H and O–H groups in total. The highest BCUT2D eigenvalue weighted by molar-refractivity contribution is 8.06. The molecule has 0 aliphatic rings. The summed E-state index contributed by atoms with van der Waals surface area (Å²) in [6.07, 6.45) is 6.27. The molecule has 0 amide bonds. The van der Waals surface area contributed by atoms with Crippen molar-refractivity contribution in [1.29, 1.82) is 0 Å². The molecule has 0 heterocycles. The molecule has 0 saturated carbocycles. The van der Waals surface area contributed by atoms with E-state index in [1.807, 2.05) is 11.8 Å². The third-order valence-corrected chi connectivity index (χ3v) is 4.43. The molecule has 0 bridgehead atoms. The van der Waals surface area contributed by atoms with Crippen LogP contribution in [-0.4, -0.2) is 6.54 Å². The predicted molar refractivity (Wildman–Crippen MR) is 86.8 cm³/mol. The van der Waals surface area contributed by atoms with Gasteiger partial charge in [-0.25, -0.2) is 0 Å². The minimum absolute atomic E-state index is 1.09. The van der Waals surface area contributed by atoms with E-state index in [9.17, 15) is 0 Å². The molecule has 2 heteroatoms. The third-order valence-electron chi connectivity index (χ3n) is 2.81. The number of hydrogen-bond acceptors (Lipinski definition) is 2. The Bertz CT molecular complexity index is 281. The van der Waals surface area contributed by atoms with Crippen LogP contribution in [0.5, 0.6) is 0 Å². The van der Waals surface area contributed by atoms with Gasteiger partial charge in [-0.3, -0.25) is 0 Å². The van der Waals surface area contributed by atoms with Gasteiger partial charge in [0.1, 0.15) is 0 Å². The summed E-state index contributed by atoms with van der Waals surface area (Å²) in [6.45, 7) is 14.4. The van der Waals surface area contributed by atoms with Gasteiger partial charge in [0, 0.05) is 6.54 Å². The lowest BCUT2D eigenvalue weighted by atomic mass is 10.2. The Morgan fingerprint density at radius 2 is 1.50 bits per heavy atom. The first-order valence-corrected chi connectivity index (χ1v) is 8.10. The third kappa shape index (κ3) is 7.86. The molecule has 0 saturated heterocycles. The summed E-state index contributed by atoms with van der Waals surface area (Å²) in [5, 5.41) is 4.95. The van der Waals surface area contributed by atoms with Crippen LogP contribution in [0.3, 0.4) is 0 Å². The Labute approximate surface area is 119 Å². The second kappa shape index (κ2) is 10.5. The molecule has 0 aromatic carbocycles. The molecule has 0 aliphatic heterocycles. The van der Waals surface area contributed by atoms with E-state index in [2.05, 4.69) is 46.9 Å². The quantitative estimate of drug-likeness (QED) is 0.527. The molecule has 0 radical (unpaired) electrons. The molecule has 106 valence electrons. The Hall–Kier alpha value is -0.370. The van der Waals surface area contributed by atoms with Gasteiger partial charge in [0.05, 0.1) is 5.03 Å². The topological polar surface area (TPSA) is 12.0 Å². The zero-order valence-corrected chi connectivity index (χ0v) is 14.0. The van der Waals surface area contributed by atoms with Crippen molar-refractivity contribution in [3.05, 3.63) is 21.1 Å². The summed E-state index contributed by atoms with van der Waals surface area (Å²) in [5.41, 5.74) is 2.86. The molecule has 0 aromatic heterocycles. The molecule has 0 fully saturated rings. The van der Waals surface area contributed by atoms with Crippen LogP contribution in [0.15, 0.2) is 21.1 Å². The first-order chi connectivity index (χ1) is 8.52. The summed E-state index contributed by atoms with van der Waals surface area (Å²) in [5.74, 6) is 0. The van der Waals surface area contributed by atoms with Crippen molar-refractivity contribution < 1.29 is 0 Å². The zero-order chi connectivity index (χ0) is 14.0. The summed E-state index contributed by atoms with van der Waals surface area (Å²) >= 11 is 1.94. The number of hydrogen-bond donors (Lipinski definition) is 1. The minimum Gasteiger partial charge on any atom is -0.380 e. The normalized spacial score (nSPS) is 10.1. The fraction of sp³-hybridized carbons (Fsp3) is 0.750. The molecule has 0 atom stereocenters. The molecular formula is C16H31NS. The van der Waals surface area contributed by atoms with Gasteiger partial charge >= 0.3 is 0 Å². The maximum atomic E-state index is 3.59. The molecule has 0 aromatic rings. The van der Waals surface area contributed by atoms with E-state index in [0.717, 1.165) is 6.54 Å². The van der Waals surface area contributed by atoms with Gasteiger partial charge < -0.3 is 5.32 Å². The van der Waals surface area contributed by atoms with E-state index >= 15 is 0 Å². The maximum Gasteiger partial charge on any atom is 0.0712 e. The lowest BCUT2D eigenvalue weighted by molar-refractivity contribution is 0.725. The average molecular weight is 269 g/mol. The van der Waals surface area contributed by atoms with Crippen molar-refractivity contribution in [3.63, 3.8) is 0 Å². The van der Waals surface area contributed by atoms with E-state index in [1.165, 1.54) is 53.2 Å². The van der Waals surface area contributed by atoms with Crippen LogP contribution in [0.2, 0.25) is 0 Å². The summed E-state index contributed by atoms with van der Waals surface area (Å²) < 4.78 is 0. The Balaban J connectivity index is 4.55. The highest BCUT2D eigenvalue weighted by Crippen LogP contribution is 2.32. The molecule has 18 heavy (non-hydrogen) atoms. The number of rotatable bonds is 9. The van der Waals surface area contributed by atoms with Gasteiger partial charge in [0.25, 0.3) is 0 Å². The van der Waals surface area contributed by atoms with Gasteiger partial charge in [-0.15, -0.1) is 0 Å². The van der Waals surface area contributed by atoms with Crippen LogP contribution in [0.25, 0.3) is 0 Å². The summed E-state index contributed by atoms with van der Waals surface area (Å²) in [4.78, 5) is 1.54. The van der Waals surface area contributed by atoms with Crippen LogP contribution in [-0.2, 0) is 0 Å². The number of nitrogens with one attached hydrogen (secondary N) is 1. The molecular weight excluding hydrogens is 238 g/mol. The maximum absolute atomic E-state index is 3.59. The molecule has 0 aliphatic carbocycles. The first-order valence-electron chi connectivity index (χ1n) is 7.28. The van der Waals surface area contributed by atoms with Crippen molar-refractivity contribution in [2.45, 2.75) is 73.6 Å². The van der Waals surface area contributed by atoms with Crippen LogP contribution in [0.1, 0.15) is 73.6 Å². The Morgan fingerprint density at radius 1 is 0.889 bits per heavy atom. The first kappa shape index (κ1) is 17.6. The highest BCUT2D eigenvalue weighted by atomic mass is 32.2. The fourth-order valence-corrected chi connectivity index (χ4v) is 2.63. The smallest absolute Gasteiger partial charge is 0.0712 e. The minimum atomic E-state index is 1.09. The van der Waals surface area contributed by atoms with Gasteiger partial charge in [-0.2, -0.15) is 0 Å². The zero-order valence-electron chi connectivity index (χ0n) is 13.2. The van der Waals surface area contributed by atoms with Gasteiger partial charge in [-0.05, 0) is 57.4 Å². The lowest BCUT2D eigenvalue weighted by Gasteiger charge is -2.16. The molecule has 1 nitrogen and oxygen atoms in total. The lowest BCUT2D eigenvalue weighted by Crippen LogP contribution is -2.14. The van der Waals surface area contributed by atoms with Gasteiger partial charge in [-0.1, -0.05) is 44.0 Å². The number of thioether (sulfide) groups is 1. The summed E-state index contributed by atoms with van der Waals surface area (Å²) in [6, 6.07) is 0. The van der Waals surface area contributed by atoms with Crippen molar-refractivity contribution >= 4 is 11.8 Å². The molecule has 0 spiro atoms. The van der Waals surface area contributed by atoms with Gasteiger partial charge in [0.2, 0.25) is 0 Å². The Kier molecular flexibility index (Phi) is 10.3. The van der Waals surface area contributed by atoms with Crippen LogP contribution < -0.4 is 5.32 Å². The molecule has 0 rings (SSSR count). The highest BCUT2D eigenvalue weighted by Gasteiger charge is 2.06. The van der Waals surface area contributed by atoms with Crippen LogP contribution in [0.4, 0.5) is 0 Å². The van der Waals surface area contributed by atoms with Crippen molar-refractivity contribution in [2.75, 3.05) is 6.54 Å². The average Bonchev–Trinajstić information content (AvgIpc) is 2.31. The van der Waals surface area contributed by atoms with Crippen LogP contribution >= 0.6 is 11.8 Å². The number of allylic oxidation sites excluding steroid dienone is 3. The monoisotopic (exact) mass is 269 g/mol. The fourth-order valence-electron chi connectivity index (χ4n) is 1.56. The van der Waals surface area contributed by atoms with Gasteiger partial charge in [0.15, 0.2) is 0 Å². The van der Waals surface area contributed by atoms with E-state index in [-0.39, 0.29) is 0 Å². The predicted octanol–water partition coefficient (Wildman–Crippen LogP) is 5.84. The van der Waals surface area contributed by atoms with E-state index in [1.54, 1.807) is 0 Å². The second-order valence-electron chi connectivity index (χ2n) is 5.24. The van der Waals surface area contributed by atoms with Crippen molar-refractivity contribution in [1.82, 2.24) is 5.32 Å². The Morgan fingerprint density at radius 3 is 1.94 bits per heavy atom. The van der Waals surface area contributed by atoms with Crippen LogP contribution in [0, 0.1) is 0 Å². The van der Waals surface area contributed by atoms with Crippen molar-refractivity contribution in [3.8, 4) is 0 Å². The SMILES string of the molecule is CCCCNC(SC(CCCC)=C(C)C)=C(C)C. The van der Waals surface area contributed by atoms with E-state index in [4.69, 9.17) is 0 Å². The van der Waals surface area contributed by atoms with E-state index < -0.39 is 0 Å². The van der Waals surface area contributed by atoms with E-state index in [0.29, 0.717) is 0 Å². The number of unbranched alkanes of at least 4 members (excludes halogenated alkanes) is 2. The largest absolute Gasteiger partial charge is 0.380 e. The second-order valence-corrected chi connectivity index (χ2v) is 6.34. The van der Waals surface area contributed by atoms with Crippen molar-refractivity contribution in [2.24, 2.45) is 0 Å². The standard InChI is InChI=1S/C16H31NS/c1-7-9-11-15(13(3)4)18-16(14(5)6)17-12-10-8-2/h17H,7-12H2,1-6H3. The molecule has 0 unspecified atom stereocenters. The summed E-state index contributed by atoms with van der Waals surface area (Å²) in [7, 11) is 0.